The molecule has 0 aliphatic carbocycles. The standard InChI is InChI=1S/C20H28O2/c1-3-5-6-7-8-9-10-11-12-20(21)22-17-19-15-13-18(4-2)14-16-19/h3-4,13-16H,1-2,5-12,17H2. The largest absolute Gasteiger partial charge is 0.461 e. The predicted molar refractivity (Wildman–Crippen MR) is 93.5 cm³/mol. The molecule has 2 nitrogen and oxygen atoms in total. The lowest BCUT2D eigenvalue weighted by atomic mass is 10.1. The Morgan fingerprint density at radius 2 is 1.59 bits per heavy atom. The zero-order valence-corrected chi connectivity index (χ0v) is 13.6. The first-order chi connectivity index (χ1) is 10.8. The quantitative estimate of drug-likeness (QED) is 0.282. The minimum Gasteiger partial charge on any atom is -0.461 e. The van der Waals surface area contributed by atoms with E-state index in [1.165, 1.54) is 25.7 Å². The van der Waals surface area contributed by atoms with E-state index >= 15 is 0 Å². The maximum atomic E-state index is 11.7. The monoisotopic (exact) mass is 300 g/mol. The molecule has 0 N–H and O–H groups in total. The van der Waals surface area contributed by atoms with E-state index in [2.05, 4.69) is 13.2 Å². The number of unbranched alkanes of at least 4 members (excludes halogenated alkanes) is 6. The van der Waals surface area contributed by atoms with Crippen LogP contribution in [0, 0.1) is 0 Å². The normalized spacial score (nSPS) is 10.2. The van der Waals surface area contributed by atoms with Crippen LogP contribution in [0.3, 0.4) is 0 Å². The van der Waals surface area contributed by atoms with E-state index in [0.29, 0.717) is 13.0 Å². The molecule has 1 aromatic rings. The van der Waals surface area contributed by atoms with Crippen LogP contribution >= 0.6 is 0 Å². The maximum absolute atomic E-state index is 11.7. The molecule has 0 amide bonds. The molecule has 2 heteroatoms. The summed E-state index contributed by atoms with van der Waals surface area (Å²) in [5.41, 5.74) is 2.09. The van der Waals surface area contributed by atoms with Crippen molar-refractivity contribution in [1.29, 1.82) is 0 Å². The van der Waals surface area contributed by atoms with Crippen molar-refractivity contribution in [3.8, 4) is 0 Å². The highest BCUT2D eigenvalue weighted by molar-refractivity contribution is 5.69. The fourth-order valence-electron chi connectivity index (χ4n) is 2.25. The van der Waals surface area contributed by atoms with Crippen LogP contribution in [-0.4, -0.2) is 5.97 Å². The van der Waals surface area contributed by atoms with Gasteiger partial charge >= 0.3 is 5.97 Å². The van der Waals surface area contributed by atoms with Crippen molar-refractivity contribution in [2.24, 2.45) is 0 Å². The lowest BCUT2D eigenvalue weighted by Gasteiger charge is -2.05. The molecule has 0 unspecified atom stereocenters. The van der Waals surface area contributed by atoms with Crippen LogP contribution in [0.25, 0.3) is 6.08 Å². The highest BCUT2D eigenvalue weighted by Crippen LogP contribution is 2.10. The van der Waals surface area contributed by atoms with E-state index in [0.717, 1.165) is 30.4 Å². The van der Waals surface area contributed by atoms with Crippen LogP contribution in [0.5, 0.6) is 0 Å². The van der Waals surface area contributed by atoms with Gasteiger partial charge in [-0.2, -0.15) is 0 Å². The van der Waals surface area contributed by atoms with Gasteiger partial charge in [-0.3, -0.25) is 4.79 Å². The second-order valence-electron chi connectivity index (χ2n) is 5.56. The zero-order valence-electron chi connectivity index (χ0n) is 13.6. The molecule has 1 rings (SSSR count). The molecule has 0 aliphatic rings. The first-order valence-corrected chi connectivity index (χ1v) is 8.24. The summed E-state index contributed by atoms with van der Waals surface area (Å²) < 4.78 is 5.29. The predicted octanol–water partition coefficient (Wildman–Crippen LogP) is 5.68. The van der Waals surface area contributed by atoms with Crippen molar-refractivity contribution in [2.75, 3.05) is 0 Å². The van der Waals surface area contributed by atoms with Gasteiger partial charge in [0.15, 0.2) is 0 Å². The number of ether oxygens (including phenoxy) is 1. The smallest absolute Gasteiger partial charge is 0.306 e. The Morgan fingerprint density at radius 3 is 2.23 bits per heavy atom. The number of esters is 1. The van der Waals surface area contributed by atoms with Crippen LogP contribution in [0.4, 0.5) is 0 Å². The number of rotatable bonds is 12. The number of hydrogen-bond acceptors (Lipinski definition) is 2. The second kappa shape index (κ2) is 11.8. The summed E-state index contributed by atoms with van der Waals surface area (Å²) in [4.78, 5) is 11.7. The van der Waals surface area contributed by atoms with Gasteiger partial charge in [-0.15, -0.1) is 6.58 Å². The van der Waals surface area contributed by atoms with Gasteiger partial charge in [0.05, 0.1) is 0 Å². The first kappa shape index (κ1) is 18.2. The summed E-state index contributed by atoms with van der Waals surface area (Å²) >= 11 is 0. The Kier molecular flexibility index (Phi) is 9.76. The zero-order chi connectivity index (χ0) is 16.0. The molecule has 120 valence electrons. The van der Waals surface area contributed by atoms with Crippen LogP contribution < -0.4 is 0 Å². The minimum absolute atomic E-state index is 0.0977. The number of hydrogen-bond donors (Lipinski definition) is 0. The van der Waals surface area contributed by atoms with Crippen LogP contribution in [0.2, 0.25) is 0 Å². The fourth-order valence-corrected chi connectivity index (χ4v) is 2.25. The summed E-state index contributed by atoms with van der Waals surface area (Å²) in [6, 6.07) is 7.88. The Hall–Kier alpha value is -1.83. The van der Waals surface area contributed by atoms with Crippen molar-refractivity contribution in [2.45, 2.75) is 58.0 Å². The van der Waals surface area contributed by atoms with Crippen molar-refractivity contribution in [3.05, 3.63) is 54.6 Å². The van der Waals surface area contributed by atoms with E-state index in [1.54, 1.807) is 6.08 Å². The second-order valence-corrected chi connectivity index (χ2v) is 5.56. The third-order valence-corrected chi connectivity index (χ3v) is 3.65. The van der Waals surface area contributed by atoms with Gasteiger partial charge in [0.2, 0.25) is 0 Å². The van der Waals surface area contributed by atoms with E-state index < -0.39 is 0 Å². The van der Waals surface area contributed by atoms with Crippen LogP contribution in [-0.2, 0) is 16.1 Å². The van der Waals surface area contributed by atoms with Gasteiger partial charge in [0.1, 0.15) is 6.61 Å². The summed E-state index contributed by atoms with van der Waals surface area (Å²) in [5.74, 6) is -0.0977. The summed E-state index contributed by atoms with van der Waals surface area (Å²) in [6.07, 6.45) is 12.4. The molecule has 0 saturated carbocycles. The third kappa shape index (κ3) is 8.46. The summed E-state index contributed by atoms with van der Waals surface area (Å²) in [7, 11) is 0. The van der Waals surface area contributed by atoms with E-state index in [-0.39, 0.29) is 5.97 Å². The number of allylic oxidation sites excluding steroid dienone is 1. The molecule has 0 saturated heterocycles. The molecule has 0 atom stereocenters. The third-order valence-electron chi connectivity index (χ3n) is 3.65. The van der Waals surface area contributed by atoms with E-state index in [9.17, 15) is 4.79 Å². The van der Waals surface area contributed by atoms with Gasteiger partial charge in [0, 0.05) is 6.42 Å². The van der Waals surface area contributed by atoms with Crippen molar-refractivity contribution in [1.82, 2.24) is 0 Å². The average molecular weight is 300 g/mol. The van der Waals surface area contributed by atoms with E-state index in [1.807, 2.05) is 30.3 Å². The molecule has 0 aromatic heterocycles. The molecular formula is C20H28O2. The van der Waals surface area contributed by atoms with Crippen LogP contribution in [0.15, 0.2) is 43.5 Å². The highest BCUT2D eigenvalue weighted by atomic mass is 16.5. The van der Waals surface area contributed by atoms with Crippen LogP contribution in [0.1, 0.15) is 62.5 Å². The van der Waals surface area contributed by atoms with E-state index in [4.69, 9.17) is 4.74 Å². The Bertz CT molecular complexity index is 445. The molecule has 0 aliphatic heterocycles. The Balaban J connectivity index is 2.03. The minimum atomic E-state index is -0.0977. The molecule has 22 heavy (non-hydrogen) atoms. The molecular weight excluding hydrogens is 272 g/mol. The molecule has 0 bridgehead atoms. The van der Waals surface area contributed by atoms with Crippen molar-refractivity contribution in [3.63, 3.8) is 0 Å². The molecule has 0 fully saturated rings. The Labute approximate surface area is 134 Å². The van der Waals surface area contributed by atoms with Gasteiger partial charge in [-0.05, 0) is 30.4 Å². The number of carbonyl (C=O) groups excluding carboxylic acids is 1. The lowest BCUT2D eigenvalue weighted by molar-refractivity contribution is -0.145. The molecule has 0 spiro atoms. The topological polar surface area (TPSA) is 26.3 Å². The molecule has 0 radical (unpaired) electrons. The lowest BCUT2D eigenvalue weighted by Crippen LogP contribution is -2.04. The number of carbonyl (C=O) groups is 1. The van der Waals surface area contributed by atoms with Crippen molar-refractivity contribution < 1.29 is 9.53 Å². The van der Waals surface area contributed by atoms with Crippen molar-refractivity contribution >= 4 is 12.0 Å². The average Bonchev–Trinajstić information content (AvgIpc) is 2.56. The first-order valence-electron chi connectivity index (χ1n) is 8.24. The highest BCUT2D eigenvalue weighted by Gasteiger charge is 2.03. The summed E-state index contributed by atoms with van der Waals surface area (Å²) in [5, 5.41) is 0. The molecule has 0 heterocycles. The van der Waals surface area contributed by atoms with Gasteiger partial charge in [-0.1, -0.05) is 68.7 Å². The van der Waals surface area contributed by atoms with Gasteiger partial charge in [0.25, 0.3) is 0 Å². The SMILES string of the molecule is C=CCCCCCCCCC(=O)OCc1ccc(C=C)cc1. The summed E-state index contributed by atoms with van der Waals surface area (Å²) in [6.45, 7) is 7.79. The van der Waals surface area contributed by atoms with Gasteiger partial charge in [-0.25, -0.2) is 0 Å². The fraction of sp³-hybridized carbons (Fsp3) is 0.450. The number of benzene rings is 1. The van der Waals surface area contributed by atoms with Gasteiger partial charge < -0.3 is 4.74 Å². The Morgan fingerprint density at radius 1 is 0.955 bits per heavy atom. The maximum Gasteiger partial charge on any atom is 0.306 e. The molecule has 1 aromatic carbocycles.